The van der Waals surface area contributed by atoms with E-state index in [-0.39, 0.29) is 24.0 Å². The van der Waals surface area contributed by atoms with Gasteiger partial charge < -0.3 is 15.1 Å². The van der Waals surface area contributed by atoms with Crippen LogP contribution in [0.2, 0.25) is 0 Å². The molecule has 0 unspecified atom stereocenters. The summed E-state index contributed by atoms with van der Waals surface area (Å²) in [4.78, 5) is 8.53. The van der Waals surface area contributed by atoms with E-state index in [2.05, 4.69) is 33.6 Å². The molecule has 0 aromatic carbocycles. The van der Waals surface area contributed by atoms with Crippen molar-refractivity contribution in [3.63, 3.8) is 0 Å². The van der Waals surface area contributed by atoms with Crippen molar-refractivity contribution in [2.45, 2.75) is 19.9 Å². The number of aryl methyl sites for hydroxylation is 1. The zero-order chi connectivity index (χ0) is 14.2. The first-order valence-corrected chi connectivity index (χ1v) is 6.67. The molecule has 2 N–H and O–H groups in total. The number of halogens is 1. The zero-order valence-electron chi connectivity index (χ0n) is 12.3. The number of aromatic nitrogens is 1. The number of nitrogens with zero attached hydrogens (tertiary/aromatic N) is 2. The molecular weight excluding hydrogens is 379 g/mol. The fraction of sp³-hybridized carbons (Fsp3) is 0.333. The van der Waals surface area contributed by atoms with Crippen LogP contribution in [0.5, 0.6) is 0 Å². The Morgan fingerprint density at radius 3 is 2.81 bits per heavy atom. The van der Waals surface area contributed by atoms with Gasteiger partial charge in [0.25, 0.3) is 0 Å². The van der Waals surface area contributed by atoms with E-state index in [1.807, 2.05) is 18.2 Å². The minimum atomic E-state index is 0. The van der Waals surface area contributed by atoms with Crippen LogP contribution in [0.3, 0.4) is 0 Å². The van der Waals surface area contributed by atoms with E-state index >= 15 is 0 Å². The van der Waals surface area contributed by atoms with Gasteiger partial charge in [0.05, 0.1) is 18.5 Å². The Morgan fingerprint density at radius 1 is 1.29 bits per heavy atom. The highest BCUT2D eigenvalue weighted by atomic mass is 127. The molecule has 6 heteroatoms. The summed E-state index contributed by atoms with van der Waals surface area (Å²) in [7, 11) is 1.76. The quantitative estimate of drug-likeness (QED) is 0.460. The van der Waals surface area contributed by atoms with Crippen molar-refractivity contribution in [3.05, 3.63) is 53.7 Å². The van der Waals surface area contributed by atoms with Gasteiger partial charge in [-0.25, -0.2) is 0 Å². The maximum Gasteiger partial charge on any atom is 0.191 e. The van der Waals surface area contributed by atoms with E-state index in [1.54, 1.807) is 19.5 Å². The summed E-state index contributed by atoms with van der Waals surface area (Å²) in [6, 6.07) is 7.85. The summed E-state index contributed by atoms with van der Waals surface area (Å²) in [5.74, 6) is 1.73. The largest absolute Gasteiger partial charge is 0.469 e. The van der Waals surface area contributed by atoms with Crippen molar-refractivity contribution in [2.75, 3.05) is 13.6 Å². The first-order valence-electron chi connectivity index (χ1n) is 6.67. The number of nitrogens with one attached hydrogen (secondary N) is 2. The van der Waals surface area contributed by atoms with Gasteiger partial charge in [0.2, 0.25) is 0 Å². The molecule has 0 saturated heterocycles. The highest BCUT2D eigenvalue weighted by Gasteiger charge is 2.02. The van der Waals surface area contributed by atoms with E-state index in [0.717, 1.165) is 30.4 Å². The standard InChI is InChI=1S/C15H20N4O.HI/c1-12-5-3-8-17-14(12)11-19-15(16-2)18-9-7-13-6-4-10-20-13;/h3-6,8,10H,7,9,11H2,1-2H3,(H2,16,18,19);1H. The Morgan fingerprint density at radius 2 is 2.14 bits per heavy atom. The minimum absolute atomic E-state index is 0. The molecule has 0 amide bonds. The van der Waals surface area contributed by atoms with Gasteiger partial charge in [-0.2, -0.15) is 0 Å². The first-order chi connectivity index (χ1) is 9.79. The van der Waals surface area contributed by atoms with Crippen LogP contribution >= 0.6 is 24.0 Å². The third kappa shape index (κ3) is 5.74. The molecule has 0 saturated carbocycles. The molecule has 0 atom stereocenters. The van der Waals surface area contributed by atoms with Crippen LogP contribution < -0.4 is 10.6 Å². The Labute approximate surface area is 142 Å². The van der Waals surface area contributed by atoms with E-state index in [9.17, 15) is 0 Å². The van der Waals surface area contributed by atoms with Crippen LogP contribution in [0.4, 0.5) is 0 Å². The molecule has 2 aromatic rings. The van der Waals surface area contributed by atoms with Crippen molar-refractivity contribution in [2.24, 2.45) is 4.99 Å². The lowest BCUT2D eigenvalue weighted by atomic mass is 10.2. The maximum absolute atomic E-state index is 5.28. The van der Waals surface area contributed by atoms with Gasteiger partial charge in [-0.15, -0.1) is 24.0 Å². The van der Waals surface area contributed by atoms with Gasteiger partial charge in [0.15, 0.2) is 5.96 Å². The fourth-order valence-electron chi connectivity index (χ4n) is 1.85. The van der Waals surface area contributed by atoms with Gasteiger partial charge in [0, 0.05) is 26.2 Å². The third-order valence-corrected chi connectivity index (χ3v) is 3.01. The van der Waals surface area contributed by atoms with E-state index in [0.29, 0.717) is 6.54 Å². The van der Waals surface area contributed by atoms with Crippen molar-refractivity contribution in [1.82, 2.24) is 15.6 Å². The van der Waals surface area contributed by atoms with E-state index < -0.39 is 0 Å². The number of guanidine groups is 1. The fourth-order valence-corrected chi connectivity index (χ4v) is 1.85. The van der Waals surface area contributed by atoms with Crippen molar-refractivity contribution in [1.29, 1.82) is 0 Å². The minimum Gasteiger partial charge on any atom is -0.469 e. The van der Waals surface area contributed by atoms with E-state index in [1.165, 1.54) is 5.56 Å². The Kier molecular flexibility index (Phi) is 7.81. The summed E-state index contributed by atoms with van der Waals surface area (Å²) >= 11 is 0. The second-order valence-corrected chi connectivity index (χ2v) is 4.45. The highest BCUT2D eigenvalue weighted by molar-refractivity contribution is 14.0. The predicted octanol–water partition coefficient (Wildman–Crippen LogP) is 2.51. The molecule has 0 aliphatic rings. The summed E-state index contributed by atoms with van der Waals surface area (Å²) < 4.78 is 5.28. The Hall–Kier alpha value is -1.57. The van der Waals surface area contributed by atoms with Crippen LogP contribution in [0, 0.1) is 6.92 Å². The molecule has 0 radical (unpaired) electrons. The molecule has 2 heterocycles. The Bertz CT molecular complexity index is 555. The first kappa shape index (κ1) is 17.5. The number of pyridine rings is 1. The topological polar surface area (TPSA) is 62.5 Å². The molecule has 2 aromatic heterocycles. The Balaban J connectivity index is 0.00000220. The average Bonchev–Trinajstić information content (AvgIpc) is 2.97. The lowest BCUT2D eigenvalue weighted by Crippen LogP contribution is -2.38. The van der Waals surface area contributed by atoms with Crippen molar-refractivity contribution < 1.29 is 4.42 Å². The van der Waals surface area contributed by atoms with Gasteiger partial charge in [0.1, 0.15) is 5.76 Å². The van der Waals surface area contributed by atoms with Crippen LogP contribution in [0.1, 0.15) is 17.0 Å². The molecule has 2 rings (SSSR count). The lowest BCUT2D eigenvalue weighted by Gasteiger charge is -2.12. The summed E-state index contributed by atoms with van der Waals surface area (Å²) in [6.07, 6.45) is 4.32. The number of aliphatic imine (C=N–C) groups is 1. The highest BCUT2D eigenvalue weighted by Crippen LogP contribution is 2.02. The molecule has 0 fully saturated rings. The van der Waals surface area contributed by atoms with E-state index in [4.69, 9.17) is 4.42 Å². The molecule has 0 spiro atoms. The smallest absolute Gasteiger partial charge is 0.191 e. The molecule has 5 nitrogen and oxygen atoms in total. The van der Waals surface area contributed by atoms with Crippen molar-refractivity contribution >= 4 is 29.9 Å². The third-order valence-electron chi connectivity index (χ3n) is 3.01. The normalized spacial score (nSPS) is 10.9. The average molecular weight is 400 g/mol. The number of furan rings is 1. The predicted molar refractivity (Wildman–Crippen MR) is 95.0 cm³/mol. The second-order valence-electron chi connectivity index (χ2n) is 4.45. The monoisotopic (exact) mass is 400 g/mol. The number of hydrogen-bond acceptors (Lipinski definition) is 3. The van der Waals surface area contributed by atoms with Crippen LogP contribution in [-0.2, 0) is 13.0 Å². The summed E-state index contributed by atoms with van der Waals surface area (Å²) in [6.45, 7) is 3.48. The molecule has 0 aliphatic carbocycles. The number of hydrogen-bond donors (Lipinski definition) is 2. The summed E-state index contributed by atoms with van der Waals surface area (Å²) in [5, 5.41) is 6.50. The second kappa shape index (κ2) is 9.38. The maximum atomic E-state index is 5.28. The summed E-state index contributed by atoms with van der Waals surface area (Å²) in [5.41, 5.74) is 2.20. The van der Waals surface area contributed by atoms with Crippen LogP contribution in [0.15, 0.2) is 46.1 Å². The zero-order valence-corrected chi connectivity index (χ0v) is 14.6. The molecule has 0 aliphatic heterocycles. The number of rotatable bonds is 5. The molecule has 0 bridgehead atoms. The molecule has 114 valence electrons. The van der Waals surface area contributed by atoms with Gasteiger partial charge in [-0.05, 0) is 30.7 Å². The van der Waals surface area contributed by atoms with Crippen molar-refractivity contribution in [3.8, 4) is 0 Å². The van der Waals surface area contributed by atoms with Gasteiger partial charge in [-0.1, -0.05) is 6.07 Å². The van der Waals surface area contributed by atoms with Crippen LogP contribution in [0.25, 0.3) is 0 Å². The van der Waals surface area contributed by atoms with Crippen LogP contribution in [-0.4, -0.2) is 24.5 Å². The van der Waals surface area contributed by atoms with Gasteiger partial charge >= 0.3 is 0 Å². The molecular formula is C15H21IN4O. The lowest BCUT2D eigenvalue weighted by molar-refractivity contribution is 0.506. The SMILES string of the molecule is CN=C(NCCc1ccco1)NCc1ncccc1C.I. The van der Waals surface area contributed by atoms with Gasteiger partial charge in [-0.3, -0.25) is 9.98 Å². The molecule has 21 heavy (non-hydrogen) atoms.